The van der Waals surface area contributed by atoms with Crippen molar-refractivity contribution in [3.63, 3.8) is 0 Å². The van der Waals surface area contributed by atoms with Gasteiger partial charge in [0.2, 0.25) is 6.10 Å². The van der Waals surface area contributed by atoms with Crippen molar-refractivity contribution in [3.05, 3.63) is 65.2 Å². The van der Waals surface area contributed by atoms with E-state index < -0.39 is 42.0 Å². The Morgan fingerprint density at radius 1 is 1.10 bits per heavy atom. The van der Waals surface area contributed by atoms with Crippen LogP contribution in [-0.2, 0) is 19.1 Å². The highest BCUT2D eigenvalue weighted by Gasteiger charge is 2.45. The number of carbonyl (C=O) groups is 4. The Kier molecular flexibility index (Phi) is 6.10. The van der Waals surface area contributed by atoms with Crippen LogP contribution >= 0.6 is 0 Å². The highest BCUT2D eigenvalue weighted by atomic mass is 16.5. The van der Waals surface area contributed by atoms with Crippen molar-refractivity contribution in [2.24, 2.45) is 0 Å². The average Bonchev–Trinajstić information content (AvgIpc) is 2.91. The largest absolute Gasteiger partial charge is 0.446 e. The fraction of sp³-hybridized carbons (Fsp3) is 0.304. The number of nitrogens with one attached hydrogen (secondary N) is 2. The van der Waals surface area contributed by atoms with Gasteiger partial charge in [0.1, 0.15) is 12.1 Å². The SMILES string of the molecule is Cc1ccc(C)c(NC(=O)[C@H](OC(=O)CN2C(=O)NC(C)(C)C2=O)c2ccccc2)c1. The third-order valence-electron chi connectivity index (χ3n) is 4.97. The van der Waals surface area contributed by atoms with Crippen LogP contribution in [-0.4, -0.2) is 40.8 Å². The lowest BCUT2D eigenvalue weighted by Gasteiger charge is -2.20. The van der Waals surface area contributed by atoms with Crippen molar-refractivity contribution in [1.82, 2.24) is 10.2 Å². The van der Waals surface area contributed by atoms with Gasteiger partial charge >= 0.3 is 12.0 Å². The van der Waals surface area contributed by atoms with Crippen molar-refractivity contribution in [1.29, 1.82) is 0 Å². The summed E-state index contributed by atoms with van der Waals surface area (Å²) in [5, 5.41) is 5.30. The highest BCUT2D eigenvalue weighted by Crippen LogP contribution is 2.23. The smallest absolute Gasteiger partial charge is 0.327 e. The van der Waals surface area contributed by atoms with Gasteiger partial charge in [-0.1, -0.05) is 42.5 Å². The third kappa shape index (κ3) is 4.91. The molecule has 1 atom stereocenters. The molecule has 4 amide bonds. The maximum atomic E-state index is 13.0. The lowest BCUT2D eigenvalue weighted by molar-refractivity contribution is -0.156. The predicted molar refractivity (Wildman–Crippen MR) is 114 cm³/mol. The van der Waals surface area contributed by atoms with Crippen LogP contribution in [0.4, 0.5) is 10.5 Å². The summed E-state index contributed by atoms with van der Waals surface area (Å²) in [5.41, 5.74) is 1.80. The lowest BCUT2D eigenvalue weighted by Crippen LogP contribution is -2.41. The fourth-order valence-corrected chi connectivity index (χ4v) is 3.23. The zero-order chi connectivity index (χ0) is 22.8. The summed E-state index contributed by atoms with van der Waals surface area (Å²) >= 11 is 0. The Hall–Kier alpha value is -3.68. The zero-order valence-corrected chi connectivity index (χ0v) is 17.9. The maximum Gasteiger partial charge on any atom is 0.327 e. The number of benzene rings is 2. The number of imide groups is 1. The molecule has 31 heavy (non-hydrogen) atoms. The molecule has 0 radical (unpaired) electrons. The molecule has 2 N–H and O–H groups in total. The number of amides is 4. The van der Waals surface area contributed by atoms with Gasteiger partial charge in [-0.25, -0.2) is 4.79 Å². The van der Waals surface area contributed by atoms with Crippen LogP contribution in [0, 0.1) is 13.8 Å². The van der Waals surface area contributed by atoms with Crippen molar-refractivity contribution < 1.29 is 23.9 Å². The van der Waals surface area contributed by atoms with E-state index in [1.54, 1.807) is 44.2 Å². The summed E-state index contributed by atoms with van der Waals surface area (Å²) in [5.74, 6) is -1.94. The summed E-state index contributed by atoms with van der Waals surface area (Å²) in [7, 11) is 0. The summed E-state index contributed by atoms with van der Waals surface area (Å²) in [6.07, 6.45) is -1.25. The van der Waals surface area contributed by atoms with E-state index in [-0.39, 0.29) is 0 Å². The second-order valence-corrected chi connectivity index (χ2v) is 8.03. The molecule has 1 heterocycles. The van der Waals surface area contributed by atoms with Gasteiger partial charge in [-0.2, -0.15) is 0 Å². The number of rotatable bonds is 6. The number of nitrogens with zero attached hydrogens (tertiary/aromatic N) is 1. The second kappa shape index (κ2) is 8.59. The van der Waals surface area contributed by atoms with Crippen LogP contribution in [0.3, 0.4) is 0 Å². The molecule has 3 rings (SSSR count). The summed E-state index contributed by atoms with van der Waals surface area (Å²) in [6, 6.07) is 13.5. The molecule has 1 fully saturated rings. The van der Waals surface area contributed by atoms with E-state index in [1.165, 1.54) is 0 Å². The molecule has 1 saturated heterocycles. The molecule has 8 heteroatoms. The number of anilines is 1. The van der Waals surface area contributed by atoms with E-state index in [0.29, 0.717) is 11.3 Å². The first-order valence-electron chi connectivity index (χ1n) is 9.85. The van der Waals surface area contributed by atoms with E-state index in [9.17, 15) is 19.2 Å². The molecule has 0 unspecified atom stereocenters. The van der Waals surface area contributed by atoms with Gasteiger partial charge in [0.15, 0.2) is 0 Å². The van der Waals surface area contributed by atoms with E-state index in [4.69, 9.17) is 4.74 Å². The molecular weight excluding hydrogens is 398 g/mol. The van der Waals surface area contributed by atoms with Crippen LogP contribution in [0.2, 0.25) is 0 Å². The molecule has 1 aliphatic heterocycles. The summed E-state index contributed by atoms with van der Waals surface area (Å²) in [6.45, 7) is 6.27. The van der Waals surface area contributed by atoms with Crippen molar-refractivity contribution in [2.45, 2.75) is 39.3 Å². The number of carbonyl (C=O) groups excluding carboxylic acids is 4. The van der Waals surface area contributed by atoms with Gasteiger partial charge in [-0.3, -0.25) is 19.3 Å². The monoisotopic (exact) mass is 423 g/mol. The molecule has 1 aliphatic rings. The lowest BCUT2D eigenvalue weighted by atomic mass is 10.1. The van der Waals surface area contributed by atoms with Crippen molar-refractivity contribution in [2.75, 3.05) is 11.9 Å². The average molecular weight is 423 g/mol. The minimum absolute atomic E-state index is 0.469. The normalized spacial score (nSPS) is 15.9. The van der Waals surface area contributed by atoms with Crippen LogP contribution in [0.5, 0.6) is 0 Å². The standard InChI is InChI=1S/C23H25N3O5/c1-14-10-11-15(2)17(12-14)24-20(28)19(16-8-6-5-7-9-16)31-18(27)13-26-21(29)23(3,4)25-22(26)30/h5-12,19H,13H2,1-4H3,(H,24,28)(H,25,30)/t19-/m1/s1. The second-order valence-electron chi connectivity index (χ2n) is 8.03. The van der Waals surface area contributed by atoms with Gasteiger partial charge in [-0.05, 0) is 44.9 Å². The number of hydrogen-bond acceptors (Lipinski definition) is 5. The quantitative estimate of drug-likeness (QED) is 0.549. The zero-order valence-electron chi connectivity index (χ0n) is 17.9. The van der Waals surface area contributed by atoms with Crippen LogP contribution in [0.25, 0.3) is 0 Å². The maximum absolute atomic E-state index is 13.0. The molecule has 0 aliphatic carbocycles. The fourth-order valence-electron chi connectivity index (χ4n) is 3.23. The number of ether oxygens (including phenoxy) is 1. The summed E-state index contributed by atoms with van der Waals surface area (Å²) < 4.78 is 5.44. The molecular formula is C23H25N3O5. The third-order valence-corrected chi connectivity index (χ3v) is 4.97. The van der Waals surface area contributed by atoms with Gasteiger partial charge in [0.05, 0.1) is 0 Å². The molecule has 2 aromatic carbocycles. The van der Waals surface area contributed by atoms with E-state index in [2.05, 4.69) is 10.6 Å². The van der Waals surface area contributed by atoms with Crippen molar-refractivity contribution >= 4 is 29.5 Å². The number of urea groups is 1. The Labute approximate surface area is 180 Å². The van der Waals surface area contributed by atoms with Gasteiger partial charge in [0, 0.05) is 11.3 Å². The number of aryl methyl sites for hydroxylation is 2. The van der Waals surface area contributed by atoms with E-state index in [1.807, 2.05) is 32.0 Å². The van der Waals surface area contributed by atoms with Gasteiger partial charge in [0.25, 0.3) is 11.8 Å². The molecule has 2 aromatic rings. The predicted octanol–water partition coefficient (Wildman–Crippen LogP) is 2.86. The number of esters is 1. The van der Waals surface area contributed by atoms with Crippen molar-refractivity contribution in [3.8, 4) is 0 Å². The van der Waals surface area contributed by atoms with E-state index in [0.717, 1.165) is 16.0 Å². The molecule has 0 saturated carbocycles. The summed E-state index contributed by atoms with van der Waals surface area (Å²) in [4.78, 5) is 50.8. The molecule has 8 nitrogen and oxygen atoms in total. The minimum atomic E-state index is -1.25. The topological polar surface area (TPSA) is 105 Å². The molecule has 0 aromatic heterocycles. The highest BCUT2D eigenvalue weighted by molar-refractivity contribution is 6.08. The van der Waals surface area contributed by atoms with Crippen LogP contribution < -0.4 is 10.6 Å². The van der Waals surface area contributed by atoms with Crippen LogP contribution in [0.15, 0.2) is 48.5 Å². The first-order chi connectivity index (χ1) is 14.6. The van der Waals surface area contributed by atoms with Gasteiger partial charge in [-0.15, -0.1) is 0 Å². The Morgan fingerprint density at radius 2 is 1.77 bits per heavy atom. The minimum Gasteiger partial charge on any atom is -0.446 e. The Bertz CT molecular complexity index is 1030. The number of hydrogen-bond donors (Lipinski definition) is 2. The Balaban J connectivity index is 1.79. The first-order valence-corrected chi connectivity index (χ1v) is 9.85. The Morgan fingerprint density at radius 3 is 2.39 bits per heavy atom. The van der Waals surface area contributed by atoms with E-state index >= 15 is 0 Å². The van der Waals surface area contributed by atoms with Gasteiger partial charge < -0.3 is 15.4 Å². The molecule has 0 bridgehead atoms. The molecule has 162 valence electrons. The van der Waals surface area contributed by atoms with Crippen LogP contribution in [0.1, 0.15) is 36.6 Å². The molecule has 0 spiro atoms. The first kappa shape index (κ1) is 22.0.